The molecule has 1 amide bonds. The van der Waals surface area contributed by atoms with Gasteiger partial charge in [-0.1, -0.05) is 19.3 Å². The van der Waals surface area contributed by atoms with Gasteiger partial charge < -0.3 is 19.9 Å². The van der Waals surface area contributed by atoms with Gasteiger partial charge in [0.25, 0.3) is 0 Å². The summed E-state index contributed by atoms with van der Waals surface area (Å²) in [6.07, 6.45) is 8.79. The number of hydrogen-bond donors (Lipinski definition) is 1. The fourth-order valence-corrected chi connectivity index (χ4v) is 3.75. The number of nitrogens with one attached hydrogen (secondary N) is 1. The van der Waals surface area contributed by atoms with Crippen LogP contribution >= 0.6 is 0 Å². The first-order valence-electron chi connectivity index (χ1n) is 9.77. The van der Waals surface area contributed by atoms with Gasteiger partial charge in [-0.15, -0.1) is 0 Å². The van der Waals surface area contributed by atoms with Crippen LogP contribution in [0.3, 0.4) is 0 Å². The average molecular weight is 340 g/mol. The molecule has 2 rings (SSSR count). The summed E-state index contributed by atoms with van der Waals surface area (Å²) < 4.78 is 5.47. The first kappa shape index (κ1) is 19.5. The van der Waals surface area contributed by atoms with Crippen molar-refractivity contribution in [3.05, 3.63) is 0 Å². The van der Waals surface area contributed by atoms with Crippen molar-refractivity contribution in [3.8, 4) is 0 Å². The highest BCUT2D eigenvalue weighted by molar-refractivity contribution is 5.68. The van der Waals surface area contributed by atoms with Crippen molar-refractivity contribution in [2.24, 2.45) is 0 Å². The lowest BCUT2D eigenvalue weighted by Crippen LogP contribution is -2.48. The largest absolute Gasteiger partial charge is 0.444 e. The first-order chi connectivity index (χ1) is 11.3. The van der Waals surface area contributed by atoms with Gasteiger partial charge in [-0.05, 0) is 53.5 Å². The molecule has 0 aromatic rings. The summed E-state index contributed by atoms with van der Waals surface area (Å²) in [6.45, 7) is 9.54. The molecule has 0 aromatic carbocycles. The van der Waals surface area contributed by atoms with Crippen LogP contribution in [0.15, 0.2) is 0 Å². The molecule has 2 fully saturated rings. The molecule has 0 spiro atoms. The molecule has 0 aromatic heterocycles. The second-order valence-corrected chi connectivity index (χ2v) is 8.47. The summed E-state index contributed by atoms with van der Waals surface area (Å²) in [5, 5.41) is 3.72. The van der Waals surface area contributed by atoms with Crippen molar-refractivity contribution < 1.29 is 9.53 Å². The molecule has 5 nitrogen and oxygen atoms in total. The summed E-state index contributed by atoms with van der Waals surface area (Å²) in [7, 11) is 2.22. The van der Waals surface area contributed by atoms with Crippen LogP contribution in [0.1, 0.15) is 65.7 Å². The Morgan fingerprint density at radius 2 is 1.75 bits per heavy atom. The van der Waals surface area contributed by atoms with Gasteiger partial charge in [-0.3, -0.25) is 0 Å². The van der Waals surface area contributed by atoms with E-state index in [0.717, 1.165) is 45.1 Å². The quantitative estimate of drug-likeness (QED) is 0.835. The lowest BCUT2D eigenvalue weighted by Gasteiger charge is -2.37. The van der Waals surface area contributed by atoms with Gasteiger partial charge in [-0.25, -0.2) is 4.79 Å². The first-order valence-corrected chi connectivity index (χ1v) is 9.77. The van der Waals surface area contributed by atoms with E-state index >= 15 is 0 Å². The van der Waals surface area contributed by atoms with Crippen LogP contribution in [0.2, 0.25) is 0 Å². The number of likely N-dealkylation sites (N-methyl/N-ethyl adjacent to an activating group) is 1. The van der Waals surface area contributed by atoms with Crippen LogP contribution in [-0.4, -0.2) is 66.8 Å². The number of carbonyl (C=O) groups is 1. The Labute approximate surface area is 148 Å². The van der Waals surface area contributed by atoms with Gasteiger partial charge in [-0.2, -0.15) is 0 Å². The predicted molar refractivity (Wildman–Crippen MR) is 98.3 cm³/mol. The van der Waals surface area contributed by atoms with E-state index in [4.69, 9.17) is 4.74 Å². The highest BCUT2D eigenvalue weighted by Crippen LogP contribution is 2.19. The van der Waals surface area contributed by atoms with Crippen molar-refractivity contribution in [2.75, 3.05) is 33.2 Å². The standard InChI is InChI=1S/C19H37N3O2/c1-19(2,3)24-18(23)22-13-10-17(11-14-22)21(4)15-12-20-16-8-6-5-7-9-16/h16-17,20H,5-15H2,1-4H3. The smallest absolute Gasteiger partial charge is 0.410 e. The number of hydrogen-bond acceptors (Lipinski definition) is 4. The van der Waals surface area contributed by atoms with Gasteiger partial charge >= 0.3 is 6.09 Å². The molecule has 5 heteroatoms. The summed E-state index contributed by atoms with van der Waals surface area (Å²) in [5.74, 6) is 0. The number of carbonyl (C=O) groups excluding carboxylic acids is 1. The van der Waals surface area contributed by atoms with Crippen molar-refractivity contribution in [1.82, 2.24) is 15.1 Å². The second-order valence-electron chi connectivity index (χ2n) is 8.47. The maximum Gasteiger partial charge on any atom is 0.410 e. The van der Waals surface area contributed by atoms with E-state index in [1.54, 1.807) is 0 Å². The van der Waals surface area contributed by atoms with Gasteiger partial charge in [0.2, 0.25) is 0 Å². The fraction of sp³-hybridized carbons (Fsp3) is 0.947. The van der Waals surface area contributed by atoms with Crippen LogP contribution in [0.5, 0.6) is 0 Å². The molecule has 24 heavy (non-hydrogen) atoms. The van der Waals surface area contributed by atoms with Gasteiger partial charge in [0.1, 0.15) is 5.60 Å². The molecule has 0 atom stereocenters. The maximum absolute atomic E-state index is 12.1. The normalized spacial score (nSPS) is 21.3. The van der Waals surface area contributed by atoms with Crippen LogP contribution in [-0.2, 0) is 4.74 Å². The zero-order valence-electron chi connectivity index (χ0n) is 16.1. The van der Waals surface area contributed by atoms with E-state index in [1.165, 1.54) is 32.1 Å². The molecule has 0 radical (unpaired) electrons. The average Bonchev–Trinajstić information content (AvgIpc) is 2.54. The van der Waals surface area contributed by atoms with Gasteiger partial charge in [0.05, 0.1) is 0 Å². The molecule has 1 heterocycles. The van der Waals surface area contributed by atoms with Crippen molar-refractivity contribution in [3.63, 3.8) is 0 Å². The van der Waals surface area contributed by atoms with Crippen LogP contribution in [0.4, 0.5) is 4.79 Å². The highest BCUT2D eigenvalue weighted by Gasteiger charge is 2.28. The Bertz CT molecular complexity index is 381. The molecule has 0 unspecified atom stereocenters. The molecule has 1 aliphatic carbocycles. The maximum atomic E-state index is 12.1. The summed E-state index contributed by atoms with van der Waals surface area (Å²) >= 11 is 0. The van der Waals surface area contributed by atoms with E-state index < -0.39 is 5.60 Å². The molecule has 1 saturated carbocycles. The second kappa shape index (κ2) is 9.04. The topological polar surface area (TPSA) is 44.8 Å². The molecule has 0 bridgehead atoms. The summed E-state index contributed by atoms with van der Waals surface area (Å²) in [5.41, 5.74) is -0.407. The van der Waals surface area contributed by atoms with Crippen LogP contribution in [0.25, 0.3) is 0 Å². The highest BCUT2D eigenvalue weighted by atomic mass is 16.6. The minimum absolute atomic E-state index is 0.164. The fourth-order valence-electron chi connectivity index (χ4n) is 3.75. The third-order valence-electron chi connectivity index (χ3n) is 5.24. The van der Waals surface area contributed by atoms with E-state index in [-0.39, 0.29) is 6.09 Å². The minimum atomic E-state index is -0.407. The van der Waals surface area contributed by atoms with Gasteiger partial charge in [0.15, 0.2) is 0 Å². The van der Waals surface area contributed by atoms with Crippen molar-refractivity contribution >= 4 is 6.09 Å². The number of amides is 1. The Balaban J connectivity index is 1.63. The predicted octanol–water partition coefficient (Wildman–Crippen LogP) is 3.24. The Morgan fingerprint density at radius 1 is 1.12 bits per heavy atom. The number of piperidine rings is 1. The Hall–Kier alpha value is -0.810. The lowest BCUT2D eigenvalue weighted by atomic mass is 9.95. The summed E-state index contributed by atoms with van der Waals surface area (Å²) in [6, 6.07) is 1.32. The zero-order chi connectivity index (χ0) is 17.6. The monoisotopic (exact) mass is 339 g/mol. The number of rotatable bonds is 5. The van der Waals surface area contributed by atoms with E-state index in [1.807, 2.05) is 25.7 Å². The lowest BCUT2D eigenvalue weighted by molar-refractivity contribution is 0.0157. The molecular formula is C19H37N3O2. The number of nitrogens with zero attached hydrogens (tertiary/aromatic N) is 2. The van der Waals surface area contributed by atoms with Crippen LogP contribution in [0, 0.1) is 0 Å². The number of likely N-dealkylation sites (tertiary alicyclic amines) is 1. The summed E-state index contributed by atoms with van der Waals surface area (Å²) in [4.78, 5) is 16.4. The van der Waals surface area contributed by atoms with E-state index in [0.29, 0.717) is 6.04 Å². The minimum Gasteiger partial charge on any atom is -0.444 e. The van der Waals surface area contributed by atoms with Crippen molar-refractivity contribution in [2.45, 2.75) is 83.4 Å². The third-order valence-corrected chi connectivity index (χ3v) is 5.24. The van der Waals surface area contributed by atoms with Crippen molar-refractivity contribution in [1.29, 1.82) is 0 Å². The number of ether oxygens (including phenoxy) is 1. The third kappa shape index (κ3) is 6.60. The van der Waals surface area contributed by atoms with Gasteiger partial charge in [0, 0.05) is 38.3 Å². The molecule has 140 valence electrons. The SMILES string of the molecule is CN(CCNC1CCCCC1)C1CCN(C(=O)OC(C)(C)C)CC1. The molecular weight excluding hydrogens is 302 g/mol. The Kier molecular flexibility index (Phi) is 7.35. The van der Waals surface area contributed by atoms with Crippen LogP contribution < -0.4 is 5.32 Å². The molecule has 1 aliphatic heterocycles. The molecule has 2 aliphatic rings. The van der Waals surface area contributed by atoms with E-state index in [2.05, 4.69) is 17.3 Å². The van der Waals surface area contributed by atoms with E-state index in [9.17, 15) is 4.79 Å². The molecule has 1 saturated heterocycles. The Morgan fingerprint density at radius 3 is 2.33 bits per heavy atom. The zero-order valence-corrected chi connectivity index (χ0v) is 16.1. The molecule has 1 N–H and O–H groups in total.